The summed E-state index contributed by atoms with van der Waals surface area (Å²) in [6, 6.07) is 11.9. The fourth-order valence-corrected chi connectivity index (χ4v) is 3.51. The molecular formula is C17H19F2NO3S. The number of hydrogen-bond acceptors (Lipinski definition) is 3. The van der Waals surface area contributed by atoms with Crippen LogP contribution in [0.4, 0.5) is 8.78 Å². The van der Waals surface area contributed by atoms with Crippen LogP contribution < -0.4 is 4.72 Å². The second-order valence-electron chi connectivity index (χ2n) is 5.38. The molecule has 2 N–H and O–H groups in total. The van der Waals surface area contributed by atoms with Gasteiger partial charge in [-0.15, -0.1) is 0 Å². The molecule has 24 heavy (non-hydrogen) atoms. The lowest BCUT2D eigenvalue weighted by molar-refractivity contribution is 0.273. The minimum Gasteiger partial charge on any atom is -0.396 e. The fourth-order valence-electron chi connectivity index (χ4n) is 2.45. The molecule has 1 atom stereocenters. The lowest BCUT2D eigenvalue weighted by Gasteiger charge is -2.16. The van der Waals surface area contributed by atoms with Crippen molar-refractivity contribution < 1.29 is 22.3 Å². The van der Waals surface area contributed by atoms with Crippen molar-refractivity contribution >= 4 is 10.0 Å². The highest BCUT2D eigenvalue weighted by molar-refractivity contribution is 7.89. The average molecular weight is 355 g/mol. The van der Waals surface area contributed by atoms with Gasteiger partial charge in [-0.25, -0.2) is 21.9 Å². The Hall–Kier alpha value is -1.83. The molecule has 0 aliphatic carbocycles. The molecule has 0 saturated heterocycles. The first kappa shape index (κ1) is 18.5. The van der Waals surface area contributed by atoms with Crippen LogP contribution in [0.5, 0.6) is 0 Å². The van der Waals surface area contributed by atoms with Crippen LogP contribution in [0.25, 0.3) is 0 Å². The van der Waals surface area contributed by atoms with Crippen LogP contribution in [-0.2, 0) is 10.0 Å². The van der Waals surface area contributed by atoms with Crippen molar-refractivity contribution in [2.45, 2.75) is 23.7 Å². The number of benzene rings is 2. The standard InChI is InChI=1S/C17H19F2NO3S/c18-16-7-6-15(12-17(16)19)24(22,23)20-10-8-14(9-11-21)13-4-2-1-3-5-13/h1-7,12,14,20-21H,8-11H2. The zero-order valence-corrected chi connectivity index (χ0v) is 13.8. The highest BCUT2D eigenvalue weighted by Gasteiger charge is 2.17. The summed E-state index contributed by atoms with van der Waals surface area (Å²) in [5.41, 5.74) is 1.01. The van der Waals surface area contributed by atoms with Gasteiger partial charge in [0.05, 0.1) is 4.90 Å². The van der Waals surface area contributed by atoms with Crippen molar-refractivity contribution in [3.8, 4) is 0 Å². The molecule has 2 rings (SSSR count). The smallest absolute Gasteiger partial charge is 0.240 e. The van der Waals surface area contributed by atoms with Gasteiger partial charge in [0.2, 0.25) is 10.0 Å². The molecule has 0 heterocycles. The number of sulfonamides is 1. The van der Waals surface area contributed by atoms with E-state index in [1.54, 1.807) is 0 Å². The topological polar surface area (TPSA) is 66.4 Å². The largest absolute Gasteiger partial charge is 0.396 e. The molecular weight excluding hydrogens is 336 g/mol. The molecule has 0 aliphatic rings. The summed E-state index contributed by atoms with van der Waals surface area (Å²) in [5.74, 6) is -2.30. The van der Waals surface area contributed by atoms with Crippen LogP contribution in [0.1, 0.15) is 24.3 Å². The van der Waals surface area contributed by atoms with Crippen LogP contribution in [0.3, 0.4) is 0 Å². The molecule has 0 amide bonds. The molecule has 1 unspecified atom stereocenters. The van der Waals surface area contributed by atoms with Crippen molar-refractivity contribution in [2.24, 2.45) is 0 Å². The van der Waals surface area contributed by atoms with Gasteiger partial charge in [-0.2, -0.15) is 0 Å². The average Bonchev–Trinajstić information content (AvgIpc) is 2.57. The maximum absolute atomic E-state index is 13.2. The third-order valence-corrected chi connectivity index (χ3v) is 5.19. The van der Waals surface area contributed by atoms with Crippen molar-refractivity contribution in [3.63, 3.8) is 0 Å². The van der Waals surface area contributed by atoms with E-state index in [-0.39, 0.29) is 24.0 Å². The Morgan fingerprint density at radius 2 is 1.71 bits per heavy atom. The third-order valence-electron chi connectivity index (χ3n) is 3.73. The maximum Gasteiger partial charge on any atom is 0.240 e. The summed E-state index contributed by atoms with van der Waals surface area (Å²) in [4.78, 5) is -0.320. The molecule has 0 aliphatic heterocycles. The summed E-state index contributed by atoms with van der Waals surface area (Å²) in [5, 5.41) is 9.18. The second-order valence-corrected chi connectivity index (χ2v) is 7.15. The van der Waals surface area contributed by atoms with Crippen molar-refractivity contribution in [1.29, 1.82) is 0 Å². The van der Waals surface area contributed by atoms with Gasteiger partial charge in [-0.3, -0.25) is 0 Å². The zero-order valence-electron chi connectivity index (χ0n) is 13.0. The minimum atomic E-state index is -3.91. The first-order valence-corrected chi connectivity index (χ1v) is 9.03. The Bertz CT molecular complexity index is 767. The van der Waals surface area contributed by atoms with E-state index in [0.29, 0.717) is 18.9 Å². The van der Waals surface area contributed by atoms with Crippen LogP contribution >= 0.6 is 0 Å². The number of rotatable bonds is 8. The fraction of sp³-hybridized carbons (Fsp3) is 0.294. The van der Waals surface area contributed by atoms with Crippen molar-refractivity contribution in [3.05, 3.63) is 65.7 Å². The highest BCUT2D eigenvalue weighted by Crippen LogP contribution is 2.23. The predicted molar refractivity (Wildman–Crippen MR) is 87.0 cm³/mol. The second kappa shape index (κ2) is 8.32. The predicted octanol–water partition coefficient (Wildman–Crippen LogP) is 2.80. The van der Waals surface area contributed by atoms with E-state index in [4.69, 9.17) is 0 Å². The van der Waals surface area contributed by atoms with E-state index in [1.165, 1.54) is 0 Å². The molecule has 0 spiro atoms. The molecule has 4 nitrogen and oxygen atoms in total. The molecule has 2 aromatic carbocycles. The van der Waals surface area contributed by atoms with Crippen LogP contribution in [0.15, 0.2) is 53.4 Å². The minimum absolute atomic E-state index is 0.00357. The Balaban J connectivity index is 2.01. The summed E-state index contributed by atoms with van der Waals surface area (Å²) in [6.07, 6.45) is 0.990. The maximum atomic E-state index is 13.2. The van der Waals surface area contributed by atoms with Gasteiger partial charge in [-0.05, 0) is 42.5 Å². The summed E-state index contributed by atoms with van der Waals surface area (Å²) < 4.78 is 52.7. The molecule has 0 aromatic heterocycles. The zero-order chi connectivity index (χ0) is 17.6. The Morgan fingerprint density at radius 3 is 2.33 bits per heavy atom. The summed E-state index contributed by atoms with van der Waals surface area (Å²) >= 11 is 0. The van der Waals surface area contributed by atoms with E-state index in [9.17, 15) is 22.3 Å². The van der Waals surface area contributed by atoms with Gasteiger partial charge in [0.25, 0.3) is 0 Å². The van der Waals surface area contributed by atoms with E-state index < -0.39 is 21.7 Å². The first-order valence-electron chi connectivity index (χ1n) is 7.54. The number of hydrogen-bond donors (Lipinski definition) is 2. The number of aliphatic hydroxyl groups is 1. The number of halogens is 2. The van der Waals surface area contributed by atoms with Gasteiger partial charge in [0.1, 0.15) is 0 Å². The summed E-state index contributed by atoms with van der Waals surface area (Å²) in [6.45, 7) is 0.121. The van der Waals surface area contributed by atoms with Gasteiger partial charge in [0.15, 0.2) is 11.6 Å². The number of nitrogens with one attached hydrogen (secondary N) is 1. The first-order chi connectivity index (χ1) is 11.4. The van der Waals surface area contributed by atoms with Gasteiger partial charge in [-0.1, -0.05) is 30.3 Å². The van der Waals surface area contributed by atoms with E-state index in [0.717, 1.165) is 17.7 Å². The molecule has 0 radical (unpaired) electrons. The molecule has 130 valence electrons. The SMILES string of the molecule is O=S(=O)(NCCC(CCO)c1ccccc1)c1ccc(F)c(F)c1. The highest BCUT2D eigenvalue weighted by atomic mass is 32.2. The van der Waals surface area contributed by atoms with Gasteiger partial charge >= 0.3 is 0 Å². The molecule has 0 saturated carbocycles. The van der Waals surface area contributed by atoms with Crippen molar-refractivity contribution in [1.82, 2.24) is 4.72 Å². The van der Waals surface area contributed by atoms with Crippen LogP contribution in [-0.4, -0.2) is 26.7 Å². The third kappa shape index (κ3) is 4.83. The lowest BCUT2D eigenvalue weighted by atomic mass is 9.93. The molecule has 7 heteroatoms. The normalized spacial score (nSPS) is 13.0. The number of aliphatic hydroxyl groups excluding tert-OH is 1. The summed E-state index contributed by atoms with van der Waals surface area (Å²) in [7, 11) is -3.91. The molecule has 2 aromatic rings. The van der Waals surface area contributed by atoms with Crippen LogP contribution in [0.2, 0.25) is 0 Å². The van der Waals surface area contributed by atoms with Gasteiger partial charge in [0, 0.05) is 13.2 Å². The Kier molecular flexibility index (Phi) is 6.42. The van der Waals surface area contributed by atoms with Crippen molar-refractivity contribution in [2.75, 3.05) is 13.2 Å². The monoisotopic (exact) mass is 355 g/mol. The van der Waals surface area contributed by atoms with E-state index >= 15 is 0 Å². The lowest BCUT2D eigenvalue weighted by Crippen LogP contribution is -2.26. The quantitative estimate of drug-likeness (QED) is 0.765. The Morgan fingerprint density at radius 1 is 1.00 bits per heavy atom. The Labute approximate surface area is 140 Å². The molecule has 0 fully saturated rings. The van der Waals surface area contributed by atoms with E-state index in [2.05, 4.69) is 4.72 Å². The van der Waals surface area contributed by atoms with Gasteiger partial charge < -0.3 is 5.11 Å². The van der Waals surface area contributed by atoms with Crippen LogP contribution in [0, 0.1) is 11.6 Å². The molecule has 0 bridgehead atoms. The van der Waals surface area contributed by atoms with E-state index in [1.807, 2.05) is 30.3 Å².